The maximum atomic E-state index is 13.3. The number of benzene rings is 3. The first kappa shape index (κ1) is 26.2. The fourth-order valence-electron chi connectivity index (χ4n) is 4.93. The van der Waals surface area contributed by atoms with Crippen LogP contribution in [0.3, 0.4) is 0 Å². The molecule has 0 radical (unpaired) electrons. The highest BCUT2D eigenvalue weighted by Crippen LogP contribution is 2.37. The van der Waals surface area contributed by atoms with Crippen molar-refractivity contribution in [2.75, 3.05) is 5.32 Å². The van der Waals surface area contributed by atoms with E-state index in [9.17, 15) is 26.9 Å². The number of halogens is 3. The van der Waals surface area contributed by atoms with Gasteiger partial charge in [0.25, 0.3) is 0 Å². The molecule has 5 nitrogen and oxygen atoms in total. The predicted octanol–water partition coefficient (Wildman–Crippen LogP) is 7.52. The number of hydrogen-bond acceptors (Lipinski definition) is 5. The van der Waals surface area contributed by atoms with Gasteiger partial charge < -0.3 is 10.3 Å². The van der Waals surface area contributed by atoms with E-state index in [1.807, 2.05) is 18.2 Å². The number of sulfone groups is 1. The molecule has 0 spiro atoms. The molecule has 3 aromatic carbocycles. The molecule has 0 bridgehead atoms. The third-order valence-electron chi connectivity index (χ3n) is 6.89. The molecule has 5 rings (SSSR count). The van der Waals surface area contributed by atoms with Gasteiger partial charge in [0.2, 0.25) is 0 Å². The molecule has 0 amide bonds. The molecule has 1 aromatic heterocycles. The van der Waals surface area contributed by atoms with Crippen molar-refractivity contribution in [1.29, 1.82) is 5.26 Å². The lowest BCUT2D eigenvalue weighted by Gasteiger charge is -2.29. The zero-order chi connectivity index (χ0) is 26.9. The van der Waals surface area contributed by atoms with Crippen LogP contribution in [0.4, 0.5) is 18.9 Å². The molecular weight excluding hydrogens is 531 g/mol. The van der Waals surface area contributed by atoms with Gasteiger partial charge in [0.1, 0.15) is 6.07 Å². The summed E-state index contributed by atoms with van der Waals surface area (Å²) in [4.78, 5) is 3.48. The zero-order valence-electron chi connectivity index (χ0n) is 20.1. The van der Waals surface area contributed by atoms with Crippen LogP contribution in [-0.2, 0) is 9.84 Å². The summed E-state index contributed by atoms with van der Waals surface area (Å²) in [5.41, 5.74) is -0.413. The number of alkyl halides is 3. The largest absolute Gasteiger partial charge is 0.446 e. The number of nitriles is 1. The average Bonchev–Trinajstić information content (AvgIpc) is 3.32. The second-order valence-corrected chi connectivity index (χ2v) is 12.7. The molecule has 4 aromatic rings. The Labute approximate surface area is 223 Å². The van der Waals surface area contributed by atoms with Crippen LogP contribution in [-0.4, -0.2) is 30.2 Å². The lowest BCUT2D eigenvalue weighted by Crippen LogP contribution is -2.32. The molecule has 2 N–H and O–H groups in total. The van der Waals surface area contributed by atoms with Gasteiger partial charge in [-0.1, -0.05) is 18.2 Å². The van der Waals surface area contributed by atoms with Gasteiger partial charge in [-0.05, 0) is 97.1 Å². The highest BCUT2D eigenvalue weighted by molar-refractivity contribution is 8.00. The van der Waals surface area contributed by atoms with E-state index in [-0.39, 0.29) is 27.6 Å². The Morgan fingerprint density at radius 1 is 0.921 bits per heavy atom. The van der Waals surface area contributed by atoms with Gasteiger partial charge in [0.05, 0.1) is 15.7 Å². The fourth-order valence-corrected chi connectivity index (χ4v) is 7.26. The highest BCUT2D eigenvalue weighted by Gasteiger charge is 2.32. The third kappa shape index (κ3) is 5.69. The van der Waals surface area contributed by atoms with Crippen molar-refractivity contribution in [1.82, 2.24) is 4.98 Å². The minimum absolute atomic E-state index is 0.0617. The third-order valence-corrected chi connectivity index (χ3v) is 9.91. The van der Waals surface area contributed by atoms with Crippen LogP contribution >= 0.6 is 11.8 Å². The van der Waals surface area contributed by atoms with Gasteiger partial charge in [-0.2, -0.15) is 18.4 Å². The number of H-pyrrole nitrogens is 1. The Kier molecular flexibility index (Phi) is 7.16. The number of rotatable bonds is 6. The van der Waals surface area contributed by atoms with E-state index in [0.29, 0.717) is 31.2 Å². The highest BCUT2D eigenvalue weighted by atomic mass is 32.2. The summed E-state index contributed by atoms with van der Waals surface area (Å²) in [6.07, 6.45) is 3.98. The van der Waals surface area contributed by atoms with Gasteiger partial charge in [-0.15, -0.1) is 0 Å². The predicted molar refractivity (Wildman–Crippen MR) is 144 cm³/mol. The second-order valence-electron chi connectivity index (χ2n) is 9.33. The molecule has 1 saturated carbocycles. The van der Waals surface area contributed by atoms with E-state index in [2.05, 4.69) is 16.4 Å². The summed E-state index contributed by atoms with van der Waals surface area (Å²) in [6, 6.07) is 20.9. The van der Waals surface area contributed by atoms with E-state index < -0.39 is 20.6 Å². The van der Waals surface area contributed by atoms with Crippen LogP contribution in [0, 0.1) is 11.3 Å². The van der Waals surface area contributed by atoms with Crippen LogP contribution in [0.25, 0.3) is 22.0 Å². The quantitative estimate of drug-likeness (QED) is 0.241. The Morgan fingerprint density at radius 3 is 2.21 bits per heavy atom. The van der Waals surface area contributed by atoms with Crippen molar-refractivity contribution in [2.45, 2.75) is 52.3 Å². The van der Waals surface area contributed by atoms with Crippen LogP contribution in [0.1, 0.15) is 31.2 Å². The summed E-state index contributed by atoms with van der Waals surface area (Å²) in [5, 5.41) is 13.0. The van der Waals surface area contributed by atoms with Gasteiger partial charge in [0.15, 0.2) is 9.84 Å². The molecule has 0 aliphatic heterocycles. The van der Waals surface area contributed by atoms with Crippen molar-refractivity contribution in [3.63, 3.8) is 0 Å². The molecule has 0 atom stereocenters. The number of hydrogen-bond donors (Lipinski definition) is 2. The van der Waals surface area contributed by atoms with Crippen LogP contribution < -0.4 is 5.32 Å². The monoisotopic (exact) mass is 555 g/mol. The van der Waals surface area contributed by atoms with Crippen molar-refractivity contribution in [3.8, 4) is 17.2 Å². The molecule has 1 heterocycles. The minimum Gasteiger partial charge on any atom is -0.382 e. The number of anilines is 1. The summed E-state index contributed by atoms with van der Waals surface area (Å²) in [6.45, 7) is 0. The summed E-state index contributed by atoms with van der Waals surface area (Å²) >= 11 is -0.149. The molecule has 196 valence electrons. The van der Waals surface area contributed by atoms with Gasteiger partial charge in [0, 0.05) is 33.7 Å². The van der Waals surface area contributed by atoms with Gasteiger partial charge in [-0.25, -0.2) is 8.42 Å². The Bertz CT molecular complexity index is 1580. The van der Waals surface area contributed by atoms with Gasteiger partial charge >= 0.3 is 5.51 Å². The van der Waals surface area contributed by atoms with E-state index in [1.54, 1.807) is 42.6 Å². The second kappa shape index (κ2) is 10.4. The van der Waals surface area contributed by atoms with Crippen molar-refractivity contribution in [2.24, 2.45) is 0 Å². The Balaban J connectivity index is 1.21. The van der Waals surface area contributed by atoms with Crippen LogP contribution in [0.15, 0.2) is 82.7 Å². The van der Waals surface area contributed by atoms with Crippen LogP contribution in [0.2, 0.25) is 0 Å². The lowest BCUT2D eigenvalue weighted by molar-refractivity contribution is -0.0328. The van der Waals surface area contributed by atoms with Crippen molar-refractivity contribution < 1.29 is 21.6 Å². The lowest BCUT2D eigenvalue weighted by atomic mass is 9.95. The van der Waals surface area contributed by atoms with Crippen LogP contribution in [0.5, 0.6) is 0 Å². The van der Waals surface area contributed by atoms with E-state index in [0.717, 1.165) is 27.7 Å². The molecule has 0 unspecified atom stereocenters. The molecular formula is C28H24F3N3O2S2. The van der Waals surface area contributed by atoms with Gasteiger partial charge in [-0.3, -0.25) is 0 Å². The van der Waals surface area contributed by atoms with E-state index in [4.69, 9.17) is 0 Å². The normalized spacial score (nSPS) is 18.3. The number of aromatic amines is 1. The maximum Gasteiger partial charge on any atom is 0.446 e. The molecule has 0 saturated heterocycles. The first-order valence-corrected chi connectivity index (χ1v) is 14.5. The Morgan fingerprint density at radius 2 is 1.58 bits per heavy atom. The average molecular weight is 556 g/mol. The first-order valence-electron chi connectivity index (χ1n) is 12.1. The molecule has 38 heavy (non-hydrogen) atoms. The Hall–Kier alpha value is -3.42. The van der Waals surface area contributed by atoms with Crippen molar-refractivity contribution >= 4 is 38.2 Å². The molecule has 1 aliphatic carbocycles. The maximum absolute atomic E-state index is 13.3. The minimum atomic E-state index is -4.32. The number of aromatic nitrogens is 1. The zero-order valence-corrected chi connectivity index (χ0v) is 21.8. The van der Waals surface area contributed by atoms with Crippen molar-refractivity contribution in [3.05, 3.63) is 78.5 Å². The smallest absolute Gasteiger partial charge is 0.382 e. The standard InChI is InChI=1S/C28H24F3N3O2S2/c29-28(30,31)37-23-8-4-21(5-9-23)34-22-6-12-25(13-7-22)38(35,36)24-10-1-18(2-11-24)19-3-14-27-26(15-19)20(16-32)17-33-27/h1-5,8-11,14-15,17,22,25,33-34H,6-7,12-13H2. The summed E-state index contributed by atoms with van der Waals surface area (Å²) in [5.74, 6) is 0. The number of fused-ring (bicyclic) bond motifs is 1. The summed E-state index contributed by atoms with van der Waals surface area (Å²) in [7, 11) is -3.50. The molecule has 1 fully saturated rings. The van der Waals surface area contributed by atoms with E-state index >= 15 is 0 Å². The first-order chi connectivity index (χ1) is 18.1. The SMILES string of the molecule is N#Cc1c[nH]c2ccc(-c3ccc(S(=O)(=O)C4CCC(Nc5ccc(SC(F)(F)F)cc5)CC4)cc3)cc12. The number of nitrogens with zero attached hydrogens (tertiary/aromatic N) is 1. The fraction of sp³-hybridized carbons (Fsp3) is 0.250. The summed E-state index contributed by atoms with van der Waals surface area (Å²) < 4.78 is 64.2. The number of thioether (sulfide) groups is 1. The molecule has 10 heteroatoms. The molecule has 1 aliphatic rings. The number of nitrogens with one attached hydrogen (secondary N) is 2. The topological polar surface area (TPSA) is 85.8 Å². The van der Waals surface area contributed by atoms with E-state index in [1.165, 1.54) is 12.1 Å².